The van der Waals surface area contributed by atoms with Gasteiger partial charge < -0.3 is 19.3 Å². The van der Waals surface area contributed by atoms with E-state index >= 15 is 0 Å². The van der Waals surface area contributed by atoms with Crippen LogP contribution in [0.3, 0.4) is 0 Å². The van der Waals surface area contributed by atoms with Gasteiger partial charge in [0.2, 0.25) is 0 Å². The Kier molecular flexibility index (Phi) is 6.04. The van der Waals surface area contributed by atoms with E-state index in [9.17, 15) is 20.0 Å². The number of nitriles is 1. The van der Waals surface area contributed by atoms with Crippen LogP contribution in [0.4, 0.5) is 0 Å². The van der Waals surface area contributed by atoms with E-state index in [1.807, 2.05) is 0 Å². The molecule has 0 saturated heterocycles. The summed E-state index contributed by atoms with van der Waals surface area (Å²) < 4.78 is 15.0. The van der Waals surface area contributed by atoms with Crippen LogP contribution in [0.5, 0.6) is 0 Å². The predicted octanol–water partition coefficient (Wildman–Crippen LogP) is 1.16. The van der Waals surface area contributed by atoms with Gasteiger partial charge in [-0.3, -0.25) is 4.79 Å². The fourth-order valence-electron chi connectivity index (χ4n) is 2.34. The Morgan fingerprint density at radius 2 is 1.73 bits per heavy atom. The van der Waals surface area contributed by atoms with Crippen LogP contribution in [-0.4, -0.2) is 44.2 Å². The monoisotopic (exact) mass is 307 g/mol. The maximum Gasteiger partial charge on any atom is 0.367 e. The average Bonchev–Trinajstić information content (AvgIpc) is 2.55. The minimum absolute atomic E-state index is 0.408. The van der Waals surface area contributed by atoms with Gasteiger partial charge in [0.15, 0.2) is 5.92 Å². The first-order valence-corrected chi connectivity index (χ1v) is 6.34. The van der Waals surface area contributed by atoms with Crippen LogP contribution in [0, 0.1) is 17.2 Å². The molecule has 7 heteroatoms. The van der Waals surface area contributed by atoms with E-state index in [1.54, 1.807) is 36.4 Å². The molecule has 0 amide bonds. The first kappa shape index (κ1) is 17.6. The van der Waals surface area contributed by atoms with Crippen molar-refractivity contribution in [1.29, 1.82) is 5.26 Å². The highest BCUT2D eigenvalue weighted by atomic mass is 16.7. The summed E-state index contributed by atoms with van der Waals surface area (Å²) in [5.74, 6) is -7.14. The van der Waals surface area contributed by atoms with Crippen molar-refractivity contribution in [2.75, 3.05) is 21.3 Å². The van der Waals surface area contributed by atoms with Crippen LogP contribution in [0.2, 0.25) is 0 Å². The van der Waals surface area contributed by atoms with Crippen LogP contribution < -0.4 is 0 Å². The fourth-order valence-corrected chi connectivity index (χ4v) is 2.34. The minimum Gasteiger partial charge on any atom is -0.480 e. The molecular weight excluding hydrogens is 290 g/mol. The van der Waals surface area contributed by atoms with Crippen LogP contribution in [0.15, 0.2) is 30.3 Å². The summed E-state index contributed by atoms with van der Waals surface area (Å²) in [6, 6.07) is 9.91. The summed E-state index contributed by atoms with van der Waals surface area (Å²) in [4.78, 5) is 23.6. The molecule has 1 N–H and O–H groups in total. The molecule has 0 spiro atoms. The van der Waals surface area contributed by atoms with Crippen molar-refractivity contribution < 1.29 is 28.9 Å². The highest BCUT2D eigenvalue weighted by molar-refractivity contribution is 5.83. The number of hydrogen-bond acceptors (Lipinski definition) is 6. The Bertz CT molecular complexity index is 561. The molecule has 2 atom stereocenters. The summed E-state index contributed by atoms with van der Waals surface area (Å²) in [7, 11) is 3.50. The lowest BCUT2D eigenvalue weighted by Gasteiger charge is -2.36. The lowest BCUT2D eigenvalue weighted by atomic mass is 9.80. The van der Waals surface area contributed by atoms with Crippen molar-refractivity contribution in [1.82, 2.24) is 0 Å². The van der Waals surface area contributed by atoms with Crippen LogP contribution >= 0.6 is 0 Å². The van der Waals surface area contributed by atoms with Crippen molar-refractivity contribution in [3.63, 3.8) is 0 Å². The van der Waals surface area contributed by atoms with E-state index in [0.29, 0.717) is 5.56 Å². The third kappa shape index (κ3) is 3.08. The smallest absolute Gasteiger partial charge is 0.367 e. The number of carbonyl (C=O) groups is 2. The molecule has 7 nitrogen and oxygen atoms in total. The van der Waals surface area contributed by atoms with Crippen molar-refractivity contribution >= 4 is 11.9 Å². The molecule has 1 aromatic rings. The molecule has 1 aromatic carbocycles. The molecule has 0 aliphatic heterocycles. The second kappa shape index (κ2) is 7.54. The van der Waals surface area contributed by atoms with Crippen LogP contribution in [0.1, 0.15) is 11.5 Å². The van der Waals surface area contributed by atoms with Crippen molar-refractivity contribution in [3.05, 3.63) is 35.9 Å². The van der Waals surface area contributed by atoms with E-state index in [-0.39, 0.29) is 0 Å². The molecule has 22 heavy (non-hydrogen) atoms. The second-order valence-electron chi connectivity index (χ2n) is 4.40. The van der Waals surface area contributed by atoms with Gasteiger partial charge in [-0.1, -0.05) is 30.3 Å². The summed E-state index contributed by atoms with van der Waals surface area (Å²) >= 11 is 0. The van der Waals surface area contributed by atoms with Gasteiger partial charge in [0.05, 0.1) is 19.1 Å². The molecule has 0 aliphatic rings. The zero-order valence-corrected chi connectivity index (χ0v) is 12.5. The van der Waals surface area contributed by atoms with Crippen molar-refractivity contribution in [2.45, 2.75) is 11.7 Å². The summed E-state index contributed by atoms with van der Waals surface area (Å²) in [5.41, 5.74) is 0.408. The lowest BCUT2D eigenvalue weighted by molar-refractivity contribution is -0.240. The normalized spacial score (nSPS) is 13.7. The number of aliphatic carboxylic acids is 1. The molecule has 118 valence electrons. The highest BCUT2D eigenvalue weighted by Gasteiger charge is 2.54. The second-order valence-corrected chi connectivity index (χ2v) is 4.40. The Hall–Kier alpha value is -2.43. The number of methoxy groups -OCH3 is 3. The van der Waals surface area contributed by atoms with Gasteiger partial charge >= 0.3 is 11.9 Å². The van der Waals surface area contributed by atoms with E-state index in [0.717, 1.165) is 7.11 Å². The highest BCUT2D eigenvalue weighted by Crippen LogP contribution is 2.39. The number of hydrogen-bond donors (Lipinski definition) is 1. The standard InChI is InChI=1S/C15H17NO6/c1-20-14(19)15(21-2,22-3)12(11(9-16)13(17)18)10-7-5-4-6-8-10/h4-8,11-12H,1-3H3,(H,17,18). The van der Waals surface area contributed by atoms with E-state index in [2.05, 4.69) is 4.74 Å². The number of ether oxygens (including phenoxy) is 3. The van der Waals surface area contributed by atoms with Crippen molar-refractivity contribution in [3.8, 4) is 6.07 Å². The number of nitrogens with zero attached hydrogens (tertiary/aromatic N) is 1. The molecule has 1 rings (SSSR count). The lowest BCUT2D eigenvalue weighted by Crippen LogP contribution is -2.52. The molecule has 2 unspecified atom stereocenters. The summed E-state index contributed by atoms with van der Waals surface area (Å²) in [6.45, 7) is 0. The first-order chi connectivity index (χ1) is 10.5. The van der Waals surface area contributed by atoms with Gasteiger partial charge in [0.25, 0.3) is 5.79 Å². The predicted molar refractivity (Wildman–Crippen MR) is 74.7 cm³/mol. The summed E-state index contributed by atoms with van der Waals surface area (Å²) in [6.07, 6.45) is 0. The van der Waals surface area contributed by atoms with E-state index < -0.39 is 29.6 Å². The van der Waals surface area contributed by atoms with Gasteiger partial charge in [-0.25, -0.2) is 4.79 Å². The minimum atomic E-state index is -2.05. The Morgan fingerprint density at radius 3 is 2.09 bits per heavy atom. The zero-order chi connectivity index (χ0) is 16.8. The number of carboxylic acid groups (broad SMARTS) is 1. The molecule has 0 aliphatic carbocycles. The third-order valence-electron chi connectivity index (χ3n) is 3.38. The fraction of sp³-hybridized carbons (Fsp3) is 0.400. The number of rotatable bonds is 7. The molecule has 0 radical (unpaired) electrons. The Morgan fingerprint density at radius 1 is 1.18 bits per heavy atom. The molecule has 0 fully saturated rings. The van der Waals surface area contributed by atoms with Crippen LogP contribution in [0.25, 0.3) is 0 Å². The third-order valence-corrected chi connectivity index (χ3v) is 3.38. The summed E-state index contributed by atoms with van der Waals surface area (Å²) in [5, 5.41) is 18.6. The average molecular weight is 307 g/mol. The first-order valence-electron chi connectivity index (χ1n) is 6.34. The zero-order valence-electron chi connectivity index (χ0n) is 12.5. The Labute approximate surface area is 128 Å². The quantitative estimate of drug-likeness (QED) is 0.595. The molecule has 0 bridgehead atoms. The van der Waals surface area contributed by atoms with E-state index in [1.165, 1.54) is 14.2 Å². The van der Waals surface area contributed by atoms with Gasteiger partial charge in [0, 0.05) is 14.2 Å². The molecule has 0 aromatic heterocycles. The molecule has 0 saturated carbocycles. The number of benzene rings is 1. The number of carbonyl (C=O) groups excluding carboxylic acids is 1. The molecular formula is C15H17NO6. The Balaban J connectivity index is 3.57. The van der Waals surface area contributed by atoms with Crippen molar-refractivity contribution in [2.24, 2.45) is 5.92 Å². The maximum absolute atomic E-state index is 12.2. The van der Waals surface area contributed by atoms with E-state index in [4.69, 9.17) is 9.47 Å². The molecule has 0 heterocycles. The number of carboxylic acids is 1. The van der Waals surface area contributed by atoms with Gasteiger partial charge in [-0.2, -0.15) is 5.26 Å². The van der Waals surface area contributed by atoms with Gasteiger partial charge in [-0.15, -0.1) is 0 Å². The maximum atomic E-state index is 12.2. The topological polar surface area (TPSA) is 106 Å². The van der Waals surface area contributed by atoms with Crippen LogP contribution in [-0.2, 0) is 23.8 Å². The SMILES string of the molecule is COC(=O)C(OC)(OC)C(c1ccccc1)C(C#N)C(=O)O. The number of esters is 1. The largest absolute Gasteiger partial charge is 0.480 e. The van der Waals surface area contributed by atoms with Gasteiger partial charge in [0.1, 0.15) is 0 Å². The van der Waals surface area contributed by atoms with Gasteiger partial charge in [-0.05, 0) is 5.56 Å².